The summed E-state index contributed by atoms with van der Waals surface area (Å²) in [6.07, 6.45) is 11.1. The van der Waals surface area contributed by atoms with Gasteiger partial charge in [0.05, 0.1) is 35.7 Å². The summed E-state index contributed by atoms with van der Waals surface area (Å²) in [7, 11) is 1.28. The molecule has 0 aliphatic heterocycles. The van der Waals surface area contributed by atoms with Crippen LogP contribution in [0.5, 0.6) is 23.0 Å². The molecule has 4 rings (SSSR count). The number of rotatable bonds is 31. The molecule has 0 heterocycles. The zero-order valence-corrected chi connectivity index (χ0v) is 36.5. The van der Waals surface area contributed by atoms with Gasteiger partial charge in [-0.1, -0.05) is 51.4 Å². The minimum atomic E-state index is -0.548. The molecule has 0 aliphatic rings. The lowest BCUT2D eigenvalue weighted by Crippen LogP contribution is -2.28. The summed E-state index contributed by atoms with van der Waals surface area (Å²) in [5, 5.41) is 31.1. The highest BCUT2D eigenvalue weighted by Gasteiger charge is 2.14. The van der Waals surface area contributed by atoms with Gasteiger partial charge in [0.1, 0.15) is 42.8 Å². The Hall–Kier alpha value is -6.33. The summed E-state index contributed by atoms with van der Waals surface area (Å²) < 4.78 is 28.3. The van der Waals surface area contributed by atoms with Crippen LogP contribution in [0.25, 0.3) is 0 Å². The minimum Gasteiger partial charge on any atom is -0.493 e. The van der Waals surface area contributed by atoms with Gasteiger partial charge >= 0.3 is 5.97 Å². The van der Waals surface area contributed by atoms with E-state index >= 15 is 0 Å². The third-order valence-corrected chi connectivity index (χ3v) is 9.51. The fraction of sp³-hybridized carbons (Fsp3) is 0.422. The summed E-state index contributed by atoms with van der Waals surface area (Å²) in [4.78, 5) is 46.4. The average molecular weight is 895 g/mol. The van der Waals surface area contributed by atoms with Crippen molar-refractivity contribution in [1.29, 1.82) is 0 Å². The van der Waals surface area contributed by atoms with Crippen LogP contribution in [0.15, 0.2) is 84.9 Å². The standard InChI is InChI=1S/C45H58N6O11.ClH/c1-58-45(53)35-30-42(60-25-20-46)33-43(31-35)62-27-23-49-44(52)34-28-40(32-41(29-34)61-26-22-48-37-14-18-39(19-15-37)51(56)57)59-24-11-9-7-5-3-2-4-6-8-10-21-47-36-12-16-38(17-13-36)50(54)55;/h12-19,28-33,47-48H,2-11,20-27,46H2,1H3,(H,49,52);1H. The smallest absolute Gasteiger partial charge is 0.338 e. The lowest BCUT2D eigenvalue weighted by atomic mass is 10.1. The second-order valence-electron chi connectivity index (χ2n) is 14.3. The SMILES string of the molecule is COC(=O)c1cc(OCCN)cc(OCCNC(=O)c2cc(OCCCCCCCCCCCCNc3ccc([N+](=O)[O-])cc3)cc(OCCNc3ccc([N+](=O)[O-])cc3)c2)c1.Cl. The summed E-state index contributed by atoms with van der Waals surface area (Å²) in [5.41, 5.74) is 7.84. The number of halogens is 1. The van der Waals surface area contributed by atoms with Gasteiger partial charge < -0.3 is 45.4 Å². The van der Waals surface area contributed by atoms with Gasteiger partial charge in [-0.05, 0) is 61.4 Å². The Morgan fingerprint density at radius 3 is 1.43 bits per heavy atom. The Balaban J connectivity index is 0.0000106. The molecule has 4 aromatic rings. The van der Waals surface area contributed by atoms with Gasteiger partial charge in [-0.3, -0.25) is 25.0 Å². The van der Waals surface area contributed by atoms with Crippen molar-refractivity contribution in [2.24, 2.45) is 5.73 Å². The van der Waals surface area contributed by atoms with E-state index in [0.29, 0.717) is 53.9 Å². The summed E-state index contributed by atoms with van der Waals surface area (Å²) in [5.74, 6) is 0.801. The zero-order valence-electron chi connectivity index (χ0n) is 35.7. The largest absolute Gasteiger partial charge is 0.493 e. The molecule has 0 fully saturated rings. The summed E-state index contributed by atoms with van der Waals surface area (Å²) >= 11 is 0. The van der Waals surface area contributed by atoms with Crippen molar-refractivity contribution in [3.8, 4) is 23.0 Å². The summed E-state index contributed by atoms with van der Waals surface area (Å²) in [6.45, 7) is 2.79. The average Bonchev–Trinajstić information content (AvgIpc) is 3.28. The van der Waals surface area contributed by atoms with Gasteiger partial charge in [0.2, 0.25) is 0 Å². The van der Waals surface area contributed by atoms with E-state index in [1.807, 2.05) is 0 Å². The number of nitrogens with one attached hydrogen (secondary N) is 3. The molecule has 0 aliphatic carbocycles. The van der Waals surface area contributed by atoms with Gasteiger partial charge in [-0.25, -0.2) is 4.79 Å². The number of carbonyl (C=O) groups excluding carboxylic acids is 2. The van der Waals surface area contributed by atoms with Crippen LogP contribution in [0.3, 0.4) is 0 Å². The third-order valence-electron chi connectivity index (χ3n) is 9.51. The number of anilines is 2. The summed E-state index contributed by atoms with van der Waals surface area (Å²) in [6, 6.07) is 22.3. The molecule has 342 valence electrons. The maximum absolute atomic E-state index is 13.3. The molecule has 0 saturated carbocycles. The van der Waals surface area contributed by atoms with Crippen LogP contribution >= 0.6 is 12.4 Å². The van der Waals surface area contributed by atoms with Crippen LogP contribution in [-0.2, 0) is 4.74 Å². The van der Waals surface area contributed by atoms with Gasteiger partial charge in [-0.15, -0.1) is 12.4 Å². The maximum Gasteiger partial charge on any atom is 0.338 e. The van der Waals surface area contributed by atoms with E-state index in [2.05, 4.69) is 16.0 Å². The number of ether oxygens (including phenoxy) is 5. The molecule has 0 atom stereocenters. The number of unbranched alkanes of at least 4 members (excludes halogenated alkanes) is 9. The first-order valence-electron chi connectivity index (χ1n) is 21.0. The topological polar surface area (TPSA) is 229 Å². The first-order valence-corrected chi connectivity index (χ1v) is 21.0. The molecular formula is C45H59ClN6O11. The van der Waals surface area contributed by atoms with Crippen molar-refractivity contribution in [2.45, 2.75) is 64.2 Å². The fourth-order valence-corrected chi connectivity index (χ4v) is 6.29. The molecule has 17 nitrogen and oxygen atoms in total. The highest BCUT2D eigenvalue weighted by Crippen LogP contribution is 2.26. The number of non-ortho nitro benzene ring substituents is 2. The van der Waals surface area contributed by atoms with Crippen LogP contribution in [0.2, 0.25) is 0 Å². The van der Waals surface area contributed by atoms with Crippen LogP contribution in [0.1, 0.15) is 84.9 Å². The van der Waals surface area contributed by atoms with Gasteiger partial charge in [-0.2, -0.15) is 0 Å². The molecule has 4 aromatic carbocycles. The second-order valence-corrected chi connectivity index (χ2v) is 14.3. The molecule has 0 saturated heterocycles. The van der Waals surface area contributed by atoms with Crippen LogP contribution < -0.4 is 40.6 Å². The van der Waals surface area contributed by atoms with Crippen molar-refractivity contribution in [2.75, 3.05) is 70.3 Å². The number of amides is 1. The van der Waals surface area contributed by atoms with Crippen molar-refractivity contribution in [3.05, 3.63) is 116 Å². The number of nitrogens with zero attached hydrogens (tertiary/aromatic N) is 2. The zero-order chi connectivity index (χ0) is 44.4. The number of nitrogens with two attached hydrogens (primary N) is 1. The van der Waals surface area contributed by atoms with Crippen molar-refractivity contribution < 1.29 is 43.1 Å². The van der Waals surface area contributed by atoms with Gasteiger partial charge in [0.15, 0.2) is 0 Å². The Kier molecular flexibility index (Phi) is 23.5. The number of carbonyl (C=O) groups is 2. The van der Waals surface area contributed by atoms with Gasteiger partial charge in [0.25, 0.3) is 17.3 Å². The van der Waals surface area contributed by atoms with E-state index in [4.69, 9.17) is 29.4 Å². The van der Waals surface area contributed by atoms with Crippen LogP contribution in [0, 0.1) is 20.2 Å². The third kappa shape index (κ3) is 19.5. The first kappa shape index (κ1) is 51.0. The lowest BCUT2D eigenvalue weighted by molar-refractivity contribution is -0.385. The fourth-order valence-electron chi connectivity index (χ4n) is 6.29. The second kappa shape index (κ2) is 29.1. The number of hydrogen-bond donors (Lipinski definition) is 4. The predicted molar refractivity (Wildman–Crippen MR) is 244 cm³/mol. The Morgan fingerprint density at radius 1 is 0.540 bits per heavy atom. The lowest BCUT2D eigenvalue weighted by Gasteiger charge is -2.14. The Labute approximate surface area is 374 Å². The van der Waals surface area contributed by atoms with Gasteiger partial charge in [0, 0.05) is 73.0 Å². The van der Waals surface area contributed by atoms with E-state index < -0.39 is 15.8 Å². The van der Waals surface area contributed by atoms with E-state index in [9.17, 15) is 29.8 Å². The van der Waals surface area contributed by atoms with Crippen molar-refractivity contribution in [3.63, 3.8) is 0 Å². The molecule has 63 heavy (non-hydrogen) atoms. The molecule has 0 aromatic heterocycles. The van der Waals surface area contributed by atoms with Crippen LogP contribution in [-0.4, -0.2) is 81.4 Å². The molecule has 18 heteroatoms. The molecule has 5 N–H and O–H groups in total. The molecule has 0 unspecified atom stereocenters. The normalized spacial score (nSPS) is 10.5. The van der Waals surface area contributed by atoms with E-state index in [1.54, 1.807) is 48.5 Å². The predicted octanol–water partition coefficient (Wildman–Crippen LogP) is 8.74. The quantitative estimate of drug-likeness (QED) is 0.0160. The maximum atomic E-state index is 13.3. The van der Waals surface area contributed by atoms with Crippen molar-refractivity contribution in [1.82, 2.24) is 5.32 Å². The van der Waals surface area contributed by atoms with E-state index in [1.165, 1.54) is 69.2 Å². The number of hydrogen-bond acceptors (Lipinski definition) is 14. The van der Waals surface area contributed by atoms with Crippen molar-refractivity contribution >= 4 is 47.0 Å². The van der Waals surface area contributed by atoms with Crippen LogP contribution in [0.4, 0.5) is 22.7 Å². The molecular weight excluding hydrogens is 836 g/mol. The molecule has 0 radical (unpaired) electrons. The number of methoxy groups -OCH3 is 1. The number of esters is 1. The number of nitro groups is 2. The Bertz CT molecular complexity index is 2010. The monoisotopic (exact) mass is 894 g/mol. The van der Waals surface area contributed by atoms with E-state index in [0.717, 1.165) is 50.8 Å². The first-order chi connectivity index (χ1) is 30.1. The number of benzene rings is 4. The molecule has 1 amide bonds. The highest BCUT2D eigenvalue weighted by molar-refractivity contribution is 5.95. The van der Waals surface area contributed by atoms with E-state index in [-0.39, 0.29) is 61.6 Å². The minimum absolute atomic E-state index is 0. The molecule has 0 bridgehead atoms. The Morgan fingerprint density at radius 2 is 0.952 bits per heavy atom. The molecule has 0 spiro atoms. The highest BCUT2D eigenvalue weighted by atomic mass is 35.5. The number of nitro benzene ring substituents is 2.